The molecule has 0 spiro atoms. The smallest absolute Gasteiger partial charge is 0.200 e. The van der Waals surface area contributed by atoms with Gasteiger partial charge in [-0.1, -0.05) is 74.4 Å². The number of benzene rings is 1. The van der Waals surface area contributed by atoms with Crippen LogP contribution < -0.4 is 4.74 Å². The molecule has 2 nitrogen and oxygen atoms in total. The van der Waals surface area contributed by atoms with E-state index in [-0.39, 0.29) is 11.7 Å². The summed E-state index contributed by atoms with van der Waals surface area (Å²) in [5.74, 6) is 3.36. The molecule has 2 heteroatoms. The van der Waals surface area contributed by atoms with Gasteiger partial charge < -0.3 is 9.47 Å². The quantitative estimate of drug-likeness (QED) is 0.407. The van der Waals surface area contributed by atoms with Crippen molar-refractivity contribution in [1.29, 1.82) is 0 Å². The molecule has 0 bridgehead atoms. The first-order valence-electron chi connectivity index (χ1n) is 10.4. The minimum absolute atomic E-state index is 0.168. The van der Waals surface area contributed by atoms with Crippen molar-refractivity contribution < 1.29 is 9.47 Å². The van der Waals surface area contributed by atoms with Crippen LogP contribution in [0.3, 0.4) is 0 Å². The van der Waals surface area contributed by atoms with Crippen LogP contribution in [0.4, 0.5) is 0 Å². The highest BCUT2D eigenvalue weighted by Gasteiger charge is 2.22. The van der Waals surface area contributed by atoms with Gasteiger partial charge in [0.15, 0.2) is 6.29 Å². The highest BCUT2D eigenvalue weighted by molar-refractivity contribution is 5.30. The van der Waals surface area contributed by atoms with Gasteiger partial charge in [0.1, 0.15) is 5.75 Å². The van der Waals surface area contributed by atoms with Gasteiger partial charge in [0.05, 0.1) is 6.61 Å². The maximum absolute atomic E-state index is 6.19. The summed E-state index contributed by atoms with van der Waals surface area (Å²) in [5, 5.41) is 0. The van der Waals surface area contributed by atoms with E-state index in [4.69, 9.17) is 9.47 Å². The minimum atomic E-state index is -0.195. The van der Waals surface area contributed by atoms with E-state index in [0.717, 1.165) is 18.8 Å². The van der Waals surface area contributed by atoms with Gasteiger partial charge >= 0.3 is 0 Å². The van der Waals surface area contributed by atoms with Crippen molar-refractivity contribution in [2.45, 2.75) is 87.4 Å². The number of hydrogen-bond donors (Lipinski definition) is 0. The lowest BCUT2D eigenvalue weighted by molar-refractivity contribution is -0.107. The molecule has 2 atom stereocenters. The van der Waals surface area contributed by atoms with Gasteiger partial charge in [-0.15, -0.1) is 0 Å². The lowest BCUT2D eigenvalue weighted by Crippen LogP contribution is -2.28. The summed E-state index contributed by atoms with van der Waals surface area (Å²) in [6.07, 6.45) is 1.91. The van der Waals surface area contributed by atoms with E-state index in [1.807, 2.05) is 0 Å². The second-order valence-electron chi connectivity index (χ2n) is 10.1. The van der Waals surface area contributed by atoms with Crippen molar-refractivity contribution in [2.75, 3.05) is 6.61 Å². The zero-order valence-corrected chi connectivity index (χ0v) is 18.6. The molecule has 0 amide bonds. The first kappa shape index (κ1) is 23.0. The molecule has 0 aliphatic rings. The van der Waals surface area contributed by atoms with Crippen LogP contribution in [0.5, 0.6) is 5.75 Å². The molecule has 0 saturated heterocycles. The number of hydrogen-bond acceptors (Lipinski definition) is 2. The van der Waals surface area contributed by atoms with Gasteiger partial charge in [0.25, 0.3) is 0 Å². The van der Waals surface area contributed by atoms with Gasteiger partial charge in [-0.3, -0.25) is 0 Å². The van der Waals surface area contributed by atoms with E-state index in [1.54, 1.807) is 0 Å². The molecule has 150 valence electrons. The van der Waals surface area contributed by atoms with Gasteiger partial charge in [0.2, 0.25) is 0 Å². The molecule has 1 aromatic carbocycles. The standard InChI is InChI=1S/C24H42O2/c1-17(2)14-22(19(5)6)20-10-12-21(13-11-20)26-23(15-24(7,8)9)25-16-18(3)4/h10-13,17-19,22-23H,14-16H2,1-9H3. The van der Waals surface area contributed by atoms with E-state index in [1.165, 1.54) is 12.0 Å². The Morgan fingerprint density at radius 3 is 1.85 bits per heavy atom. The average molecular weight is 363 g/mol. The molecule has 0 aliphatic carbocycles. The highest BCUT2D eigenvalue weighted by Crippen LogP contribution is 2.32. The summed E-state index contributed by atoms with van der Waals surface area (Å²) in [7, 11) is 0. The molecule has 1 aromatic rings. The van der Waals surface area contributed by atoms with E-state index in [9.17, 15) is 0 Å². The van der Waals surface area contributed by atoms with Gasteiger partial charge in [-0.05, 0) is 53.2 Å². The second kappa shape index (κ2) is 10.3. The third kappa shape index (κ3) is 9.07. The monoisotopic (exact) mass is 362 g/mol. The van der Waals surface area contributed by atoms with Crippen LogP contribution in [0, 0.1) is 23.2 Å². The Hall–Kier alpha value is -1.02. The lowest BCUT2D eigenvalue weighted by Gasteiger charge is -2.28. The van der Waals surface area contributed by atoms with Crippen molar-refractivity contribution in [3.8, 4) is 5.75 Å². The molecule has 0 N–H and O–H groups in total. The molecule has 0 aliphatic heterocycles. The van der Waals surface area contributed by atoms with Crippen LogP contribution >= 0.6 is 0 Å². The average Bonchev–Trinajstić information content (AvgIpc) is 2.49. The molecule has 2 unspecified atom stereocenters. The predicted octanol–water partition coefficient (Wildman–Crippen LogP) is 7.29. The molecule has 0 heterocycles. The van der Waals surface area contributed by atoms with Crippen molar-refractivity contribution in [3.05, 3.63) is 29.8 Å². The molecule has 1 rings (SSSR count). The van der Waals surface area contributed by atoms with E-state index in [2.05, 4.69) is 86.6 Å². The Bertz CT molecular complexity index is 494. The zero-order chi connectivity index (χ0) is 19.9. The Morgan fingerprint density at radius 1 is 0.846 bits per heavy atom. The summed E-state index contributed by atoms with van der Waals surface area (Å²) in [6.45, 7) is 21.0. The third-order valence-corrected chi connectivity index (χ3v) is 4.50. The van der Waals surface area contributed by atoms with Crippen molar-refractivity contribution in [2.24, 2.45) is 23.2 Å². The van der Waals surface area contributed by atoms with Crippen LogP contribution in [0.15, 0.2) is 24.3 Å². The first-order chi connectivity index (χ1) is 12.0. The normalized spacial score (nSPS) is 14.9. The van der Waals surface area contributed by atoms with Crippen molar-refractivity contribution in [1.82, 2.24) is 0 Å². The number of ether oxygens (including phenoxy) is 2. The molecule has 0 radical (unpaired) electrons. The summed E-state index contributed by atoms with van der Waals surface area (Å²) < 4.78 is 12.2. The lowest BCUT2D eigenvalue weighted by atomic mass is 9.82. The van der Waals surface area contributed by atoms with Gasteiger partial charge in [0, 0.05) is 6.42 Å². The third-order valence-electron chi connectivity index (χ3n) is 4.50. The van der Waals surface area contributed by atoms with E-state index >= 15 is 0 Å². The Morgan fingerprint density at radius 2 is 1.42 bits per heavy atom. The Balaban J connectivity index is 2.83. The maximum atomic E-state index is 6.19. The fourth-order valence-corrected chi connectivity index (χ4v) is 3.18. The van der Waals surface area contributed by atoms with Crippen LogP contribution in [0.2, 0.25) is 0 Å². The predicted molar refractivity (Wildman–Crippen MR) is 113 cm³/mol. The maximum Gasteiger partial charge on any atom is 0.200 e. The van der Waals surface area contributed by atoms with Crippen LogP contribution in [-0.4, -0.2) is 12.9 Å². The molecule has 0 saturated carbocycles. The SMILES string of the molecule is CC(C)COC(CC(C)(C)C)Oc1ccc(C(CC(C)C)C(C)C)cc1. The minimum Gasteiger partial charge on any atom is -0.465 e. The molecular weight excluding hydrogens is 320 g/mol. The summed E-state index contributed by atoms with van der Waals surface area (Å²) in [5.41, 5.74) is 1.58. The van der Waals surface area contributed by atoms with Crippen LogP contribution in [0.1, 0.15) is 86.6 Å². The molecular formula is C24H42O2. The van der Waals surface area contributed by atoms with Gasteiger partial charge in [-0.25, -0.2) is 0 Å². The topological polar surface area (TPSA) is 18.5 Å². The fraction of sp³-hybridized carbons (Fsp3) is 0.750. The van der Waals surface area contributed by atoms with Crippen molar-refractivity contribution in [3.63, 3.8) is 0 Å². The Kier molecular flexibility index (Phi) is 9.16. The Labute approximate surface area is 162 Å². The fourth-order valence-electron chi connectivity index (χ4n) is 3.18. The molecule has 0 fully saturated rings. The van der Waals surface area contributed by atoms with Crippen LogP contribution in [-0.2, 0) is 4.74 Å². The van der Waals surface area contributed by atoms with Gasteiger partial charge in [-0.2, -0.15) is 0 Å². The zero-order valence-electron chi connectivity index (χ0n) is 18.6. The first-order valence-corrected chi connectivity index (χ1v) is 10.4. The van der Waals surface area contributed by atoms with Crippen LogP contribution in [0.25, 0.3) is 0 Å². The van der Waals surface area contributed by atoms with Crippen molar-refractivity contribution >= 4 is 0 Å². The van der Waals surface area contributed by atoms with E-state index < -0.39 is 0 Å². The summed E-state index contributed by atoms with van der Waals surface area (Å²) in [6, 6.07) is 8.69. The summed E-state index contributed by atoms with van der Waals surface area (Å²) in [4.78, 5) is 0. The molecule has 0 aromatic heterocycles. The summed E-state index contributed by atoms with van der Waals surface area (Å²) >= 11 is 0. The molecule has 26 heavy (non-hydrogen) atoms. The van der Waals surface area contributed by atoms with E-state index in [0.29, 0.717) is 23.7 Å². The largest absolute Gasteiger partial charge is 0.465 e. The number of rotatable bonds is 10. The highest BCUT2D eigenvalue weighted by atomic mass is 16.7. The second-order valence-corrected chi connectivity index (χ2v) is 10.1.